The van der Waals surface area contributed by atoms with E-state index in [1.54, 1.807) is 12.3 Å². The molecule has 0 aliphatic heterocycles. The molecule has 0 radical (unpaired) electrons. The van der Waals surface area contributed by atoms with Crippen molar-refractivity contribution in [2.24, 2.45) is 0 Å². The third kappa shape index (κ3) is 4.30. The number of nitrogens with zero attached hydrogens (tertiary/aromatic N) is 2. The summed E-state index contributed by atoms with van der Waals surface area (Å²) in [6.45, 7) is 6.16. The van der Waals surface area contributed by atoms with Gasteiger partial charge in [0.25, 0.3) is 0 Å². The molecule has 0 aromatic carbocycles. The number of anilines is 1. The fraction of sp³-hybridized carbons (Fsp3) is 0.533. The second-order valence-electron chi connectivity index (χ2n) is 5.98. The Kier molecular flexibility index (Phi) is 4.83. The van der Waals surface area contributed by atoms with Crippen molar-refractivity contribution in [3.8, 4) is 0 Å². The van der Waals surface area contributed by atoms with Crippen LogP contribution < -0.4 is 5.06 Å². The molecule has 4 nitrogen and oxygen atoms in total. The molecule has 0 unspecified atom stereocenters. The smallest absolute Gasteiger partial charge is 0.152 e. The van der Waals surface area contributed by atoms with Crippen LogP contribution in [0.2, 0.25) is 0 Å². The minimum Gasteiger partial charge on any atom is -0.369 e. The Bertz CT molecular complexity index is 468. The Morgan fingerprint density at radius 3 is 2.55 bits per heavy atom. The normalized spacial score (nSPS) is 22.9. The van der Waals surface area contributed by atoms with Gasteiger partial charge < -0.3 is 4.74 Å². The molecule has 0 spiro atoms. The topological polar surface area (TPSA) is 45.6 Å². The van der Waals surface area contributed by atoms with E-state index in [1.165, 1.54) is 5.06 Å². The lowest BCUT2D eigenvalue weighted by Gasteiger charge is -2.32. The van der Waals surface area contributed by atoms with Crippen molar-refractivity contribution in [1.82, 2.24) is 4.98 Å². The first-order valence-electron chi connectivity index (χ1n) is 6.81. The van der Waals surface area contributed by atoms with E-state index in [4.69, 9.17) is 4.74 Å². The Morgan fingerprint density at radius 2 is 2.05 bits per heavy atom. The first-order chi connectivity index (χ1) is 9.35. The second kappa shape index (κ2) is 6.24. The van der Waals surface area contributed by atoms with Crippen LogP contribution in [0.4, 0.5) is 5.82 Å². The summed E-state index contributed by atoms with van der Waals surface area (Å²) in [5, 5.41) is 11.4. The summed E-state index contributed by atoms with van der Waals surface area (Å²) in [6.07, 6.45) is 7.55. The number of ether oxygens (including phenoxy) is 1. The van der Waals surface area contributed by atoms with Crippen molar-refractivity contribution in [2.45, 2.75) is 51.4 Å². The van der Waals surface area contributed by atoms with Crippen LogP contribution in [0.25, 0.3) is 0 Å². The van der Waals surface area contributed by atoms with E-state index in [9.17, 15) is 5.21 Å². The SMILES string of the molecule is CC(C)(C)O[C@@H]1C=C[C@@H](N(O)c2ccc(Br)cn2)CC1. The van der Waals surface area contributed by atoms with Crippen molar-refractivity contribution in [2.75, 3.05) is 5.06 Å². The van der Waals surface area contributed by atoms with Crippen molar-refractivity contribution in [3.05, 3.63) is 35.0 Å². The zero-order valence-corrected chi connectivity index (χ0v) is 13.7. The Morgan fingerprint density at radius 1 is 1.30 bits per heavy atom. The maximum absolute atomic E-state index is 10.2. The van der Waals surface area contributed by atoms with Crippen LogP contribution >= 0.6 is 15.9 Å². The monoisotopic (exact) mass is 340 g/mol. The van der Waals surface area contributed by atoms with Gasteiger partial charge in [0.1, 0.15) is 0 Å². The molecule has 1 aliphatic carbocycles. The van der Waals surface area contributed by atoms with E-state index in [0.29, 0.717) is 5.82 Å². The molecule has 0 saturated carbocycles. The lowest BCUT2D eigenvalue weighted by Crippen LogP contribution is -2.36. The highest BCUT2D eigenvalue weighted by molar-refractivity contribution is 9.10. The summed E-state index contributed by atoms with van der Waals surface area (Å²) < 4.78 is 6.82. The van der Waals surface area contributed by atoms with Gasteiger partial charge in [0.05, 0.1) is 17.7 Å². The average Bonchev–Trinajstić information content (AvgIpc) is 2.38. The molecule has 2 atom stereocenters. The van der Waals surface area contributed by atoms with Gasteiger partial charge in [-0.2, -0.15) is 0 Å². The molecular formula is C15H21BrN2O2. The van der Waals surface area contributed by atoms with Gasteiger partial charge >= 0.3 is 0 Å². The predicted octanol–water partition coefficient (Wildman–Crippen LogP) is 3.94. The molecule has 1 aliphatic rings. The molecule has 1 aromatic heterocycles. The van der Waals surface area contributed by atoms with E-state index >= 15 is 0 Å². The van der Waals surface area contributed by atoms with Crippen LogP contribution in [-0.2, 0) is 4.74 Å². The molecule has 2 rings (SSSR count). The Balaban J connectivity index is 1.98. The van der Waals surface area contributed by atoms with Gasteiger partial charge in [-0.15, -0.1) is 0 Å². The van der Waals surface area contributed by atoms with Gasteiger partial charge in [-0.25, -0.2) is 10.0 Å². The van der Waals surface area contributed by atoms with Crippen LogP contribution in [0.3, 0.4) is 0 Å². The number of aromatic nitrogens is 1. The third-order valence-corrected chi connectivity index (χ3v) is 3.53. The van der Waals surface area contributed by atoms with Gasteiger partial charge in [0, 0.05) is 10.7 Å². The number of hydroxylamine groups is 1. The largest absolute Gasteiger partial charge is 0.369 e. The summed E-state index contributed by atoms with van der Waals surface area (Å²) in [7, 11) is 0. The number of pyridine rings is 1. The van der Waals surface area contributed by atoms with E-state index in [2.05, 4.69) is 41.7 Å². The first kappa shape index (κ1) is 15.5. The number of rotatable bonds is 3. The van der Waals surface area contributed by atoms with E-state index in [-0.39, 0.29) is 17.7 Å². The third-order valence-electron chi connectivity index (χ3n) is 3.06. The summed E-state index contributed by atoms with van der Waals surface area (Å²) in [4.78, 5) is 4.20. The van der Waals surface area contributed by atoms with Gasteiger partial charge in [-0.05, 0) is 61.7 Å². The quantitative estimate of drug-likeness (QED) is 0.668. The van der Waals surface area contributed by atoms with Crippen LogP contribution in [0.5, 0.6) is 0 Å². The van der Waals surface area contributed by atoms with E-state index in [1.807, 2.05) is 18.2 Å². The number of halogens is 1. The molecular weight excluding hydrogens is 320 g/mol. The molecule has 1 heterocycles. The lowest BCUT2D eigenvalue weighted by atomic mass is 9.99. The minimum absolute atomic E-state index is 0.0523. The summed E-state index contributed by atoms with van der Waals surface area (Å²) in [6, 6.07) is 3.60. The van der Waals surface area contributed by atoms with Crippen LogP contribution in [-0.4, -0.2) is 27.9 Å². The van der Waals surface area contributed by atoms with Crippen LogP contribution in [0.1, 0.15) is 33.6 Å². The fourth-order valence-corrected chi connectivity index (χ4v) is 2.44. The predicted molar refractivity (Wildman–Crippen MR) is 83.0 cm³/mol. The lowest BCUT2D eigenvalue weighted by molar-refractivity contribution is -0.0445. The molecule has 5 heteroatoms. The van der Waals surface area contributed by atoms with Crippen molar-refractivity contribution >= 4 is 21.7 Å². The van der Waals surface area contributed by atoms with E-state index in [0.717, 1.165) is 17.3 Å². The zero-order valence-electron chi connectivity index (χ0n) is 12.1. The van der Waals surface area contributed by atoms with Gasteiger partial charge in [-0.1, -0.05) is 12.2 Å². The molecule has 0 amide bonds. The second-order valence-corrected chi connectivity index (χ2v) is 6.89. The average molecular weight is 341 g/mol. The molecule has 1 N–H and O–H groups in total. The maximum Gasteiger partial charge on any atom is 0.152 e. The molecule has 110 valence electrons. The number of hydrogen-bond acceptors (Lipinski definition) is 4. The minimum atomic E-state index is -0.145. The van der Waals surface area contributed by atoms with Crippen LogP contribution in [0.15, 0.2) is 35.0 Å². The molecule has 20 heavy (non-hydrogen) atoms. The zero-order chi connectivity index (χ0) is 14.8. The maximum atomic E-state index is 10.2. The first-order valence-corrected chi connectivity index (χ1v) is 7.60. The highest BCUT2D eigenvalue weighted by Crippen LogP contribution is 2.25. The van der Waals surface area contributed by atoms with Crippen molar-refractivity contribution in [1.29, 1.82) is 0 Å². The van der Waals surface area contributed by atoms with Crippen LogP contribution in [0, 0.1) is 0 Å². The van der Waals surface area contributed by atoms with Gasteiger partial charge in [-0.3, -0.25) is 5.21 Å². The van der Waals surface area contributed by atoms with Gasteiger partial charge in [0.2, 0.25) is 0 Å². The fourth-order valence-electron chi connectivity index (χ4n) is 2.21. The Labute approximate surface area is 128 Å². The highest BCUT2D eigenvalue weighted by Gasteiger charge is 2.24. The van der Waals surface area contributed by atoms with Crippen molar-refractivity contribution in [3.63, 3.8) is 0 Å². The van der Waals surface area contributed by atoms with E-state index < -0.39 is 0 Å². The van der Waals surface area contributed by atoms with Gasteiger partial charge in [0.15, 0.2) is 5.82 Å². The molecule has 0 bridgehead atoms. The standard InChI is InChI=1S/C15H21BrN2O2/c1-15(2,3)20-13-7-5-12(6-8-13)18(19)14-9-4-11(16)10-17-14/h4-5,7,9-10,12-13,19H,6,8H2,1-3H3/t12-,13-/m1/s1. The highest BCUT2D eigenvalue weighted by atomic mass is 79.9. The number of hydrogen-bond donors (Lipinski definition) is 1. The summed E-state index contributed by atoms with van der Waals surface area (Å²) in [5.41, 5.74) is -0.145. The summed E-state index contributed by atoms with van der Waals surface area (Å²) >= 11 is 3.33. The molecule has 0 saturated heterocycles. The summed E-state index contributed by atoms with van der Waals surface area (Å²) in [5.74, 6) is 0.554. The molecule has 1 aromatic rings. The Hall–Kier alpha value is -0.910. The van der Waals surface area contributed by atoms with Crippen molar-refractivity contribution < 1.29 is 9.94 Å². The molecule has 0 fully saturated rings.